The van der Waals surface area contributed by atoms with Crippen LogP contribution in [0.5, 0.6) is 0 Å². The summed E-state index contributed by atoms with van der Waals surface area (Å²) >= 11 is 0. The number of aromatic amines is 1. The van der Waals surface area contributed by atoms with Gasteiger partial charge in [0.25, 0.3) is 0 Å². The fourth-order valence-electron chi connectivity index (χ4n) is 2.80. The van der Waals surface area contributed by atoms with Crippen LogP contribution in [0.4, 0.5) is 11.4 Å². The average Bonchev–Trinajstić information content (AvgIpc) is 3.04. The van der Waals surface area contributed by atoms with E-state index in [2.05, 4.69) is 20.9 Å². The Bertz CT molecular complexity index is 994. The Morgan fingerprint density at radius 3 is 2.44 bits per heavy atom. The van der Waals surface area contributed by atoms with Crippen molar-refractivity contribution in [3.05, 3.63) is 60.3 Å². The molecule has 0 saturated heterocycles. The minimum atomic E-state index is -0.756. The summed E-state index contributed by atoms with van der Waals surface area (Å²) in [5, 5.41) is 8.86. The number of anilines is 2. The topological polar surface area (TPSA) is 103 Å². The minimum Gasteiger partial charge on any atom is -0.361 e. The lowest BCUT2D eigenvalue weighted by Crippen LogP contribution is -2.36. The smallest absolute Gasteiger partial charge is 0.313 e. The normalized spacial score (nSPS) is 10.4. The number of nitrogens with one attached hydrogen (secondary N) is 4. The third kappa shape index (κ3) is 4.72. The second-order valence-corrected chi connectivity index (χ2v) is 6.08. The first-order valence-electron chi connectivity index (χ1n) is 8.55. The highest BCUT2D eigenvalue weighted by Crippen LogP contribution is 2.18. The molecule has 3 rings (SSSR count). The van der Waals surface area contributed by atoms with Gasteiger partial charge in [-0.3, -0.25) is 14.4 Å². The summed E-state index contributed by atoms with van der Waals surface area (Å²) in [4.78, 5) is 38.3. The minimum absolute atomic E-state index is 0.214. The molecule has 0 aliphatic heterocycles. The number of aromatic nitrogens is 1. The first-order chi connectivity index (χ1) is 13.0. The number of benzene rings is 2. The molecule has 1 heterocycles. The van der Waals surface area contributed by atoms with E-state index in [1.165, 1.54) is 6.92 Å². The van der Waals surface area contributed by atoms with E-state index in [1.807, 2.05) is 30.5 Å². The van der Waals surface area contributed by atoms with Crippen molar-refractivity contribution in [3.8, 4) is 0 Å². The van der Waals surface area contributed by atoms with Gasteiger partial charge in [-0.2, -0.15) is 0 Å². The number of hydrogen-bond donors (Lipinski definition) is 4. The van der Waals surface area contributed by atoms with Crippen LogP contribution < -0.4 is 16.0 Å². The van der Waals surface area contributed by atoms with Gasteiger partial charge in [0.15, 0.2) is 0 Å². The molecular formula is C20H20N4O3. The molecule has 4 N–H and O–H groups in total. The Kier molecular flexibility index (Phi) is 5.51. The van der Waals surface area contributed by atoms with Crippen LogP contribution in [0.2, 0.25) is 0 Å². The first-order valence-corrected chi connectivity index (χ1v) is 8.55. The summed E-state index contributed by atoms with van der Waals surface area (Å²) in [6.45, 7) is 1.74. The first kappa shape index (κ1) is 18.2. The molecule has 0 radical (unpaired) electrons. The van der Waals surface area contributed by atoms with Gasteiger partial charge >= 0.3 is 11.8 Å². The molecule has 2 aromatic carbocycles. The average molecular weight is 364 g/mol. The predicted molar refractivity (Wildman–Crippen MR) is 104 cm³/mol. The number of carbonyl (C=O) groups is 3. The van der Waals surface area contributed by atoms with Crippen LogP contribution in [0, 0.1) is 0 Å². The molecule has 7 heteroatoms. The van der Waals surface area contributed by atoms with Crippen LogP contribution in [0.1, 0.15) is 12.5 Å². The van der Waals surface area contributed by atoms with Crippen molar-refractivity contribution >= 4 is 40.0 Å². The maximum atomic E-state index is 12.0. The van der Waals surface area contributed by atoms with E-state index in [9.17, 15) is 14.4 Å². The van der Waals surface area contributed by atoms with Crippen molar-refractivity contribution in [1.82, 2.24) is 10.3 Å². The van der Waals surface area contributed by atoms with Gasteiger partial charge in [0, 0.05) is 41.9 Å². The zero-order valence-corrected chi connectivity index (χ0v) is 14.8. The maximum Gasteiger partial charge on any atom is 0.313 e. The van der Waals surface area contributed by atoms with Crippen LogP contribution in [-0.4, -0.2) is 29.3 Å². The maximum absolute atomic E-state index is 12.0. The predicted octanol–water partition coefficient (Wildman–Crippen LogP) is 2.42. The highest BCUT2D eigenvalue weighted by atomic mass is 16.2. The fourth-order valence-corrected chi connectivity index (χ4v) is 2.80. The SMILES string of the molecule is CC(=O)Nc1cccc(NC(=O)C(=O)NCCc2c[nH]c3ccccc23)c1. The molecule has 0 fully saturated rings. The van der Waals surface area contributed by atoms with E-state index in [4.69, 9.17) is 0 Å². The molecule has 27 heavy (non-hydrogen) atoms. The summed E-state index contributed by atoms with van der Waals surface area (Å²) in [6.07, 6.45) is 2.52. The van der Waals surface area contributed by atoms with E-state index >= 15 is 0 Å². The van der Waals surface area contributed by atoms with E-state index in [1.54, 1.807) is 24.3 Å². The van der Waals surface area contributed by atoms with Gasteiger partial charge in [-0.15, -0.1) is 0 Å². The van der Waals surface area contributed by atoms with Gasteiger partial charge in [-0.25, -0.2) is 0 Å². The number of para-hydroxylation sites is 1. The lowest BCUT2D eigenvalue weighted by atomic mass is 10.1. The molecular weight excluding hydrogens is 344 g/mol. The number of hydrogen-bond acceptors (Lipinski definition) is 3. The van der Waals surface area contributed by atoms with Gasteiger partial charge < -0.3 is 20.9 Å². The third-order valence-electron chi connectivity index (χ3n) is 4.00. The summed E-state index contributed by atoms with van der Waals surface area (Å²) in [5.41, 5.74) is 3.09. The fraction of sp³-hybridized carbons (Fsp3) is 0.150. The van der Waals surface area contributed by atoms with Gasteiger partial charge in [0.05, 0.1) is 0 Å². The number of amides is 3. The molecule has 7 nitrogen and oxygen atoms in total. The van der Waals surface area contributed by atoms with E-state index < -0.39 is 11.8 Å². The van der Waals surface area contributed by atoms with Crippen LogP contribution in [0.3, 0.4) is 0 Å². The molecule has 0 aliphatic rings. The molecule has 1 aromatic heterocycles. The number of H-pyrrole nitrogens is 1. The zero-order chi connectivity index (χ0) is 19.2. The molecule has 3 amide bonds. The summed E-state index contributed by atoms with van der Waals surface area (Å²) < 4.78 is 0. The van der Waals surface area contributed by atoms with Crippen molar-refractivity contribution in [2.75, 3.05) is 17.2 Å². The van der Waals surface area contributed by atoms with Gasteiger partial charge in [0.2, 0.25) is 5.91 Å². The molecule has 0 saturated carbocycles. The molecule has 0 aliphatic carbocycles. The largest absolute Gasteiger partial charge is 0.361 e. The van der Waals surface area contributed by atoms with E-state index in [0.717, 1.165) is 16.5 Å². The van der Waals surface area contributed by atoms with Crippen LogP contribution >= 0.6 is 0 Å². The molecule has 0 unspecified atom stereocenters. The molecule has 138 valence electrons. The highest BCUT2D eigenvalue weighted by molar-refractivity contribution is 6.39. The van der Waals surface area contributed by atoms with E-state index in [0.29, 0.717) is 24.3 Å². The van der Waals surface area contributed by atoms with Crippen molar-refractivity contribution in [3.63, 3.8) is 0 Å². The Morgan fingerprint density at radius 2 is 1.67 bits per heavy atom. The van der Waals surface area contributed by atoms with Crippen LogP contribution in [-0.2, 0) is 20.8 Å². The quantitative estimate of drug-likeness (QED) is 0.523. The molecule has 3 aromatic rings. The van der Waals surface area contributed by atoms with E-state index in [-0.39, 0.29) is 5.91 Å². The molecule has 0 atom stereocenters. The summed E-state index contributed by atoms with van der Waals surface area (Å²) in [5.74, 6) is -1.68. The second-order valence-electron chi connectivity index (χ2n) is 6.08. The number of carbonyl (C=O) groups excluding carboxylic acids is 3. The molecule has 0 spiro atoms. The third-order valence-corrected chi connectivity index (χ3v) is 4.00. The van der Waals surface area contributed by atoms with Crippen molar-refractivity contribution < 1.29 is 14.4 Å². The summed E-state index contributed by atoms with van der Waals surface area (Å²) in [7, 11) is 0. The second kappa shape index (κ2) is 8.18. The molecule has 0 bridgehead atoms. The summed E-state index contributed by atoms with van der Waals surface area (Å²) in [6, 6.07) is 14.5. The van der Waals surface area contributed by atoms with Crippen molar-refractivity contribution in [2.24, 2.45) is 0 Å². The van der Waals surface area contributed by atoms with Crippen LogP contribution in [0.25, 0.3) is 10.9 Å². The van der Waals surface area contributed by atoms with Gasteiger partial charge in [-0.1, -0.05) is 24.3 Å². The van der Waals surface area contributed by atoms with Gasteiger partial charge in [0.1, 0.15) is 0 Å². The lowest BCUT2D eigenvalue weighted by Gasteiger charge is -2.08. The van der Waals surface area contributed by atoms with Crippen molar-refractivity contribution in [2.45, 2.75) is 13.3 Å². The Morgan fingerprint density at radius 1 is 0.926 bits per heavy atom. The van der Waals surface area contributed by atoms with Crippen LogP contribution in [0.15, 0.2) is 54.7 Å². The lowest BCUT2D eigenvalue weighted by molar-refractivity contribution is -0.136. The van der Waals surface area contributed by atoms with Crippen molar-refractivity contribution in [1.29, 1.82) is 0 Å². The van der Waals surface area contributed by atoms with Gasteiger partial charge in [-0.05, 0) is 36.2 Å². The Balaban J connectivity index is 1.52. The Labute approximate surface area is 156 Å². The number of fused-ring (bicyclic) bond motifs is 1. The highest BCUT2D eigenvalue weighted by Gasteiger charge is 2.14. The Hall–Kier alpha value is -3.61. The standard InChI is InChI=1S/C20H20N4O3/c1-13(25)23-15-5-4-6-16(11-15)24-20(27)19(26)21-10-9-14-12-22-18-8-3-2-7-17(14)18/h2-8,11-12,22H,9-10H2,1H3,(H,21,26)(H,23,25)(H,24,27). The zero-order valence-electron chi connectivity index (χ0n) is 14.8. The number of rotatable bonds is 5. The monoisotopic (exact) mass is 364 g/mol.